The van der Waals surface area contributed by atoms with E-state index >= 15 is 0 Å². The molecule has 0 aromatic carbocycles. The van der Waals surface area contributed by atoms with Crippen LogP contribution < -0.4 is 0 Å². The Bertz CT molecular complexity index is 141. The molecule has 0 rings (SSSR count). The molecule has 0 aromatic heterocycles. The molecule has 0 spiro atoms. The minimum absolute atomic E-state index is 0.0362. The lowest BCUT2D eigenvalue weighted by atomic mass is 10.2. The van der Waals surface area contributed by atoms with Gasteiger partial charge < -0.3 is 4.74 Å². The Labute approximate surface area is 88.4 Å². The maximum absolute atomic E-state index is 10.8. The number of Topliss-reactive ketones (excluding diaryl/α,β-unsaturated/α-hetero) is 1. The third-order valence-electron chi connectivity index (χ3n) is 1.18. The van der Waals surface area contributed by atoms with E-state index in [0.29, 0.717) is 13.0 Å². The predicted molar refractivity (Wildman–Crippen MR) is 61.3 cm³/mol. The largest absolute Gasteiger partial charge is 0.466 e. The predicted octanol–water partition coefficient (Wildman–Crippen LogP) is 2.23. The molecule has 0 aromatic rings. The Kier molecular flexibility index (Phi) is 14.4. The number of carbonyl (C=O) groups is 2. The van der Waals surface area contributed by atoms with Crippen LogP contribution in [0.2, 0.25) is 0 Å². The van der Waals surface area contributed by atoms with Gasteiger partial charge in [0.15, 0.2) is 0 Å². The summed E-state index contributed by atoms with van der Waals surface area (Å²) < 4.78 is 4.60. The molecule has 84 valence electrons. The quantitative estimate of drug-likeness (QED) is 0.405. The first kappa shape index (κ1) is 16.0. The van der Waals surface area contributed by atoms with Crippen molar-refractivity contribution in [3.8, 4) is 0 Å². The number of esters is 1. The van der Waals surface area contributed by atoms with E-state index in [1.54, 1.807) is 6.92 Å². The van der Waals surface area contributed by atoms with Crippen LogP contribution >= 0.6 is 8.58 Å². The van der Waals surface area contributed by atoms with Crippen molar-refractivity contribution >= 4 is 20.3 Å². The summed E-state index contributed by atoms with van der Waals surface area (Å²) in [7, 11) is 1.08. The average Bonchev–Trinajstić information content (AvgIpc) is 2.05. The summed E-state index contributed by atoms with van der Waals surface area (Å²) in [6.45, 7) is 8.28. The first-order valence-corrected chi connectivity index (χ1v) is 6.88. The number of hydrogen-bond acceptors (Lipinski definition) is 3. The Morgan fingerprint density at radius 1 is 1.21 bits per heavy atom. The van der Waals surface area contributed by atoms with Crippen molar-refractivity contribution < 1.29 is 14.3 Å². The molecule has 0 saturated heterocycles. The van der Waals surface area contributed by atoms with Gasteiger partial charge in [-0.05, 0) is 26.7 Å². The normalized spacial score (nSPS) is 8.57. The van der Waals surface area contributed by atoms with E-state index in [1.807, 2.05) is 6.92 Å². The molecule has 14 heavy (non-hydrogen) atoms. The summed E-state index contributed by atoms with van der Waals surface area (Å²) in [5, 5.41) is 0. The lowest BCUT2D eigenvalue weighted by Gasteiger charge is -1.98. The van der Waals surface area contributed by atoms with Crippen molar-refractivity contribution in [1.82, 2.24) is 0 Å². The molecular formula is C10H21O3P. The lowest BCUT2D eigenvalue weighted by Crippen LogP contribution is -2.10. The first-order chi connectivity index (χ1) is 6.62. The molecule has 0 aliphatic carbocycles. The highest BCUT2D eigenvalue weighted by atomic mass is 31.1. The van der Waals surface area contributed by atoms with Crippen molar-refractivity contribution in [2.75, 3.05) is 19.9 Å². The number of carbonyl (C=O) groups excluding carboxylic acids is 2. The summed E-state index contributed by atoms with van der Waals surface area (Å²) in [4.78, 5) is 21.5. The van der Waals surface area contributed by atoms with Gasteiger partial charge in [-0.1, -0.05) is 6.92 Å². The van der Waals surface area contributed by atoms with Crippen molar-refractivity contribution in [3.05, 3.63) is 0 Å². The molecule has 4 heteroatoms. The summed E-state index contributed by atoms with van der Waals surface area (Å²) in [6, 6.07) is 0. The Hall–Kier alpha value is -0.430. The van der Waals surface area contributed by atoms with Gasteiger partial charge in [0.05, 0.1) is 6.61 Å². The van der Waals surface area contributed by atoms with Gasteiger partial charge in [-0.2, -0.15) is 0 Å². The van der Waals surface area contributed by atoms with E-state index in [9.17, 15) is 9.59 Å². The zero-order valence-electron chi connectivity index (χ0n) is 9.55. The van der Waals surface area contributed by atoms with E-state index in [-0.39, 0.29) is 12.2 Å². The third-order valence-corrected chi connectivity index (χ3v) is 1.18. The molecule has 0 atom stereocenters. The molecule has 3 nitrogen and oxygen atoms in total. The third kappa shape index (κ3) is 14.1. The second-order valence-corrected chi connectivity index (χ2v) is 3.77. The van der Waals surface area contributed by atoms with Gasteiger partial charge in [-0.3, -0.25) is 9.59 Å². The average molecular weight is 220 g/mol. The van der Waals surface area contributed by atoms with E-state index in [0.717, 1.165) is 15.0 Å². The van der Waals surface area contributed by atoms with Gasteiger partial charge in [0.2, 0.25) is 0 Å². The van der Waals surface area contributed by atoms with Crippen molar-refractivity contribution in [3.63, 3.8) is 0 Å². The summed E-state index contributed by atoms with van der Waals surface area (Å²) >= 11 is 0. The minimum Gasteiger partial charge on any atom is -0.466 e. The second-order valence-electron chi connectivity index (χ2n) is 2.77. The minimum atomic E-state index is -0.411. The van der Waals surface area contributed by atoms with Crippen molar-refractivity contribution in [2.24, 2.45) is 0 Å². The monoisotopic (exact) mass is 220 g/mol. The summed E-state index contributed by atoms with van der Waals surface area (Å²) in [5.74, 6) is -0.447. The molecule has 0 amide bonds. The van der Waals surface area contributed by atoms with Crippen LogP contribution in [0.4, 0.5) is 0 Å². The molecule has 0 fully saturated rings. The number of hydrogen-bond donors (Lipinski definition) is 0. The highest BCUT2D eigenvalue weighted by Gasteiger charge is 2.07. The van der Waals surface area contributed by atoms with Crippen LogP contribution in [0.25, 0.3) is 0 Å². The molecular weight excluding hydrogens is 199 g/mol. The molecule has 0 heterocycles. The van der Waals surface area contributed by atoms with Gasteiger partial charge in [0, 0.05) is 6.42 Å². The van der Waals surface area contributed by atoms with Crippen LogP contribution in [0.1, 0.15) is 33.1 Å². The fraction of sp³-hybridized carbons (Fsp3) is 0.800. The fourth-order valence-corrected chi connectivity index (χ4v) is 0.740. The summed E-state index contributed by atoms with van der Waals surface area (Å²) in [5.41, 5.74) is 0. The maximum Gasteiger partial charge on any atom is 0.313 e. The maximum atomic E-state index is 10.8. The molecule has 0 radical (unpaired) electrons. The topological polar surface area (TPSA) is 43.4 Å². The van der Waals surface area contributed by atoms with Crippen LogP contribution in [-0.4, -0.2) is 31.7 Å². The molecule has 0 bridgehead atoms. The molecule has 0 unspecified atom stereocenters. The van der Waals surface area contributed by atoms with Gasteiger partial charge in [-0.25, -0.2) is 0 Å². The lowest BCUT2D eigenvalue weighted by molar-refractivity contribution is -0.145. The van der Waals surface area contributed by atoms with E-state index in [2.05, 4.69) is 18.1 Å². The van der Waals surface area contributed by atoms with Gasteiger partial charge in [0.1, 0.15) is 12.2 Å². The Morgan fingerprint density at radius 2 is 1.71 bits per heavy atom. The van der Waals surface area contributed by atoms with E-state index in [4.69, 9.17) is 0 Å². The smallest absolute Gasteiger partial charge is 0.313 e. The fourth-order valence-electron chi connectivity index (χ4n) is 0.740. The van der Waals surface area contributed by atoms with Crippen molar-refractivity contribution in [2.45, 2.75) is 33.1 Å². The van der Waals surface area contributed by atoms with Crippen molar-refractivity contribution in [1.29, 1.82) is 0 Å². The molecule has 0 aliphatic rings. The van der Waals surface area contributed by atoms with Crippen LogP contribution in [0.3, 0.4) is 0 Å². The number of rotatable bonds is 5. The molecule has 0 saturated carbocycles. The zero-order valence-corrected chi connectivity index (χ0v) is 10.6. The molecule has 0 N–H and O–H groups in total. The number of ether oxygens (including phenoxy) is 1. The highest BCUT2D eigenvalue weighted by Crippen LogP contribution is 1.95. The second kappa shape index (κ2) is 12.6. The van der Waals surface area contributed by atoms with Crippen LogP contribution in [0, 0.1) is 0 Å². The Balaban J connectivity index is 0. The zero-order chi connectivity index (χ0) is 11.4. The van der Waals surface area contributed by atoms with Crippen LogP contribution in [0.15, 0.2) is 0 Å². The first-order valence-electron chi connectivity index (χ1n) is 4.88. The summed E-state index contributed by atoms with van der Waals surface area (Å²) in [6.07, 6.45) is 1.19. The SMILES string of the molecule is CCCC(=O)CC(=O)OCC.CPC. The van der Waals surface area contributed by atoms with Gasteiger partial charge >= 0.3 is 5.97 Å². The highest BCUT2D eigenvalue weighted by molar-refractivity contribution is 7.35. The number of ketones is 1. The van der Waals surface area contributed by atoms with Crippen LogP contribution in [-0.2, 0) is 14.3 Å². The van der Waals surface area contributed by atoms with Gasteiger partial charge in [0.25, 0.3) is 0 Å². The standard InChI is InChI=1S/C8H14O3.C2H7P/c1-3-5-7(9)6-8(10)11-4-2;1-3-2/h3-6H2,1-2H3;3H,1-2H3. The van der Waals surface area contributed by atoms with Gasteiger partial charge in [-0.15, -0.1) is 8.58 Å². The van der Waals surface area contributed by atoms with Crippen LogP contribution in [0.5, 0.6) is 0 Å². The van der Waals surface area contributed by atoms with E-state index in [1.165, 1.54) is 0 Å². The molecule has 0 aliphatic heterocycles. The van der Waals surface area contributed by atoms with E-state index < -0.39 is 5.97 Å². The Morgan fingerprint density at radius 3 is 2.07 bits per heavy atom.